The third-order valence-corrected chi connectivity index (χ3v) is 4.52. The van der Waals surface area contributed by atoms with Gasteiger partial charge in [0.1, 0.15) is 10.9 Å². The number of nitrogens with zero attached hydrogens (tertiary/aromatic N) is 1. The smallest absolute Gasteiger partial charge is 0.410 e. The molecule has 2 rings (SSSR count). The van der Waals surface area contributed by atoms with E-state index in [1.807, 2.05) is 37.3 Å². The number of ether oxygens (including phenoxy) is 1. The van der Waals surface area contributed by atoms with Gasteiger partial charge in [-0.3, -0.25) is 0 Å². The molecule has 0 aromatic heterocycles. The molecule has 0 radical (unpaired) electrons. The summed E-state index contributed by atoms with van der Waals surface area (Å²) in [5.74, 6) is 0.0360. The van der Waals surface area contributed by atoms with Crippen molar-refractivity contribution in [2.45, 2.75) is 24.3 Å². The second-order valence-corrected chi connectivity index (χ2v) is 6.44. The molecule has 1 aliphatic rings. The molecule has 104 valence electrons. The third kappa shape index (κ3) is 3.77. The molecule has 1 aromatic rings. The maximum Gasteiger partial charge on any atom is 0.410 e. The number of rotatable bonds is 2. The minimum atomic E-state index is -0.740. The zero-order valence-corrected chi connectivity index (χ0v) is 12.3. The van der Waals surface area contributed by atoms with E-state index in [1.54, 1.807) is 4.90 Å². The van der Waals surface area contributed by atoms with E-state index in [0.717, 1.165) is 5.56 Å². The molecule has 1 atom stereocenters. The normalized spacial score (nSPS) is 22.1. The van der Waals surface area contributed by atoms with Crippen LogP contribution in [0.15, 0.2) is 30.3 Å². The first kappa shape index (κ1) is 14.5. The molecule has 3 nitrogen and oxygen atoms in total. The van der Waals surface area contributed by atoms with Gasteiger partial charge in [-0.2, -0.15) is 0 Å². The van der Waals surface area contributed by atoms with Gasteiger partial charge < -0.3 is 9.64 Å². The predicted molar refractivity (Wildman–Crippen MR) is 76.4 cm³/mol. The summed E-state index contributed by atoms with van der Waals surface area (Å²) in [6.07, 6.45) is 0.261. The molecule has 1 aromatic carbocycles. The Morgan fingerprint density at radius 2 is 2.11 bits per heavy atom. The molecule has 1 heterocycles. The van der Waals surface area contributed by atoms with Gasteiger partial charge in [-0.25, -0.2) is 4.79 Å². The Kier molecular flexibility index (Phi) is 4.58. The van der Waals surface area contributed by atoms with E-state index < -0.39 is 4.33 Å². The average molecular weight is 302 g/mol. The fourth-order valence-electron chi connectivity index (χ4n) is 2.06. The second kappa shape index (κ2) is 6.02. The Balaban J connectivity index is 1.84. The Morgan fingerprint density at radius 3 is 2.74 bits per heavy atom. The minimum Gasteiger partial charge on any atom is -0.445 e. The minimum absolute atomic E-state index is 0.0360. The average Bonchev–Trinajstić information content (AvgIpc) is 2.40. The number of carbonyl (C=O) groups is 1. The summed E-state index contributed by atoms with van der Waals surface area (Å²) < 4.78 is 4.55. The van der Waals surface area contributed by atoms with Crippen LogP contribution in [-0.2, 0) is 11.3 Å². The number of amides is 1. The molecule has 1 saturated heterocycles. The van der Waals surface area contributed by atoms with Crippen molar-refractivity contribution in [2.24, 2.45) is 5.92 Å². The van der Waals surface area contributed by atoms with E-state index in [2.05, 4.69) is 0 Å². The quantitative estimate of drug-likeness (QED) is 0.777. The van der Waals surface area contributed by atoms with Crippen molar-refractivity contribution in [1.29, 1.82) is 0 Å². The van der Waals surface area contributed by atoms with Crippen LogP contribution in [-0.4, -0.2) is 28.4 Å². The predicted octanol–water partition coefficient (Wildman–Crippen LogP) is 3.84. The molecule has 0 saturated carbocycles. The van der Waals surface area contributed by atoms with Crippen LogP contribution in [0.3, 0.4) is 0 Å². The zero-order chi connectivity index (χ0) is 13.9. The monoisotopic (exact) mass is 301 g/mol. The molecular weight excluding hydrogens is 285 g/mol. The van der Waals surface area contributed by atoms with E-state index in [-0.39, 0.29) is 18.6 Å². The van der Waals surface area contributed by atoms with Gasteiger partial charge in [0.15, 0.2) is 0 Å². The first-order valence-corrected chi connectivity index (χ1v) is 7.08. The van der Waals surface area contributed by atoms with Crippen LogP contribution in [0.5, 0.6) is 0 Å². The van der Waals surface area contributed by atoms with Gasteiger partial charge in [-0.05, 0) is 12.0 Å². The first-order valence-electron chi connectivity index (χ1n) is 6.32. The number of benzene rings is 1. The number of hydrogen-bond donors (Lipinski definition) is 0. The second-order valence-electron chi connectivity index (χ2n) is 4.90. The van der Waals surface area contributed by atoms with Gasteiger partial charge in [0.25, 0.3) is 0 Å². The molecule has 0 bridgehead atoms. The molecule has 0 aliphatic carbocycles. The lowest BCUT2D eigenvalue weighted by Crippen LogP contribution is -2.47. The summed E-state index contributed by atoms with van der Waals surface area (Å²) in [7, 11) is 0. The van der Waals surface area contributed by atoms with Crippen LogP contribution in [0.4, 0.5) is 4.79 Å². The summed E-state index contributed by atoms with van der Waals surface area (Å²) >= 11 is 12.3. The zero-order valence-electron chi connectivity index (χ0n) is 10.8. The maximum absolute atomic E-state index is 11.9. The van der Waals surface area contributed by atoms with Gasteiger partial charge in [0.2, 0.25) is 0 Å². The standard InChI is InChI=1S/C14H17Cl2NO2/c1-11-9-17(8-7-14(11,15)16)13(18)19-10-12-5-3-2-4-6-12/h2-6,11H,7-10H2,1H3. The molecule has 1 unspecified atom stereocenters. The largest absolute Gasteiger partial charge is 0.445 e. The van der Waals surface area contributed by atoms with E-state index in [1.165, 1.54) is 0 Å². The first-order chi connectivity index (χ1) is 8.99. The third-order valence-electron chi connectivity index (χ3n) is 3.39. The topological polar surface area (TPSA) is 29.5 Å². The molecular formula is C14H17Cl2NO2. The summed E-state index contributed by atoms with van der Waals surface area (Å²) in [5, 5.41) is 0. The van der Waals surface area contributed by atoms with Crippen LogP contribution in [0.25, 0.3) is 0 Å². The Hall–Kier alpha value is -0.930. The molecule has 1 aliphatic heterocycles. The number of hydrogen-bond acceptors (Lipinski definition) is 2. The van der Waals surface area contributed by atoms with E-state index in [9.17, 15) is 4.79 Å². The van der Waals surface area contributed by atoms with E-state index >= 15 is 0 Å². The fraction of sp³-hybridized carbons (Fsp3) is 0.500. The lowest BCUT2D eigenvalue weighted by Gasteiger charge is -2.38. The number of alkyl halides is 2. The lowest BCUT2D eigenvalue weighted by molar-refractivity contribution is 0.0792. The van der Waals surface area contributed by atoms with Gasteiger partial charge in [0, 0.05) is 19.0 Å². The van der Waals surface area contributed by atoms with Gasteiger partial charge in [-0.1, -0.05) is 37.3 Å². The number of halogens is 2. The van der Waals surface area contributed by atoms with Crippen LogP contribution in [0, 0.1) is 5.92 Å². The van der Waals surface area contributed by atoms with Crippen molar-refractivity contribution in [3.63, 3.8) is 0 Å². The Labute approximate surface area is 123 Å². The number of carbonyl (C=O) groups excluding carboxylic acids is 1. The number of likely N-dealkylation sites (tertiary alicyclic amines) is 1. The van der Waals surface area contributed by atoms with Crippen molar-refractivity contribution in [1.82, 2.24) is 4.90 Å². The summed E-state index contributed by atoms with van der Waals surface area (Å²) in [4.78, 5) is 13.6. The van der Waals surface area contributed by atoms with Crippen LogP contribution in [0.2, 0.25) is 0 Å². The lowest BCUT2D eigenvalue weighted by atomic mass is 9.99. The van der Waals surface area contributed by atoms with Crippen LogP contribution < -0.4 is 0 Å². The van der Waals surface area contributed by atoms with Gasteiger partial charge in [-0.15, -0.1) is 23.2 Å². The van der Waals surface area contributed by atoms with Crippen molar-refractivity contribution in [2.75, 3.05) is 13.1 Å². The summed E-state index contributed by atoms with van der Waals surface area (Å²) in [5.41, 5.74) is 0.977. The summed E-state index contributed by atoms with van der Waals surface area (Å²) in [6.45, 7) is 3.29. The van der Waals surface area contributed by atoms with Crippen molar-refractivity contribution in [3.8, 4) is 0 Å². The molecule has 19 heavy (non-hydrogen) atoms. The molecule has 5 heteroatoms. The highest BCUT2D eigenvalue weighted by atomic mass is 35.5. The van der Waals surface area contributed by atoms with E-state index in [0.29, 0.717) is 19.5 Å². The number of piperidine rings is 1. The van der Waals surface area contributed by atoms with E-state index in [4.69, 9.17) is 27.9 Å². The maximum atomic E-state index is 11.9. The van der Waals surface area contributed by atoms with Crippen LogP contribution >= 0.6 is 23.2 Å². The Morgan fingerprint density at radius 1 is 1.42 bits per heavy atom. The highest BCUT2D eigenvalue weighted by molar-refractivity contribution is 6.48. The molecule has 0 N–H and O–H groups in total. The molecule has 1 fully saturated rings. The van der Waals surface area contributed by atoms with Crippen molar-refractivity contribution >= 4 is 29.3 Å². The van der Waals surface area contributed by atoms with Gasteiger partial charge >= 0.3 is 6.09 Å². The van der Waals surface area contributed by atoms with Crippen LogP contribution in [0.1, 0.15) is 18.9 Å². The molecule has 1 amide bonds. The van der Waals surface area contributed by atoms with Crippen molar-refractivity contribution < 1.29 is 9.53 Å². The Bertz CT molecular complexity index is 436. The van der Waals surface area contributed by atoms with Gasteiger partial charge in [0.05, 0.1) is 0 Å². The summed E-state index contributed by atoms with van der Waals surface area (Å²) in [6, 6.07) is 9.62. The van der Waals surface area contributed by atoms with Crippen molar-refractivity contribution in [3.05, 3.63) is 35.9 Å². The highest BCUT2D eigenvalue weighted by Crippen LogP contribution is 2.37. The SMILES string of the molecule is CC1CN(C(=O)OCc2ccccc2)CCC1(Cl)Cl. The highest BCUT2D eigenvalue weighted by Gasteiger charge is 2.38. The molecule has 0 spiro atoms. The fourth-order valence-corrected chi connectivity index (χ4v) is 2.37.